The second-order valence-corrected chi connectivity index (χ2v) is 6.96. The minimum atomic E-state index is -1.10. The van der Waals surface area contributed by atoms with Crippen molar-refractivity contribution < 1.29 is 9.00 Å². The van der Waals surface area contributed by atoms with Crippen molar-refractivity contribution in [2.75, 3.05) is 31.3 Å². The molecule has 1 aromatic carbocycles. The van der Waals surface area contributed by atoms with Gasteiger partial charge in [0.2, 0.25) is 0 Å². The second-order valence-electron chi connectivity index (χ2n) is 5.39. The predicted octanol–water partition coefficient (Wildman–Crippen LogP) is 1.75. The standard InChI is InChI=1S/C17H22N4O2S/c1-21(2)16-9-8-14(12-19-16)13-20-17(22)18-10-11-24(23)15-6-4-3-5-7-15/h3-9,12H,10-11,13H2,1-2H3,(H2,18,20,22). The smallest absolute Gasteiger partial charge is 0.315 e. The first kappa shape index (κ1) is 17.9. The highest BCUT2D eigenvalue weighted by molar-refractivity contribution is 7.85. The number of benzene rings is 1. The van der Waals surface area contributed by atoms with Gasteiger partial charge in [-0.25, -0.2) is 9.78 Å². The van der Waals surface area contributed by atoms with Crippen molar-refractivity contribution in [2.45, 2.75) is 11.4 Å². The van der Waals surface area contributed by atoms with Crippen LogP contribution >= 0.6 is 0 Å². The first-order valence-corrected chi connectivity index (χ1v) is 8.95. The normalized spacial score (nSPS) is 11.6. The summed E-state index contributed by atoms with van der Waals surface area (Å²) in [5.41, 5.74) is 0.920. The van der Waals surface area contributed by atoms with Crippen molar-refractivity contribution >= 4 is 22.6 Å². The number of carbonyl (C=O) groups excluding carboxylic acids is 1. The third-order valence-electron chi connectivity index (χ3n) is 3.30. The quantitative estimate of drug-likeness (QED) is 0.801. The Morgan fingerprint density at radius 1 is 1.12 bits per heavy atom. The van der Waals surface area contributed by atoms with Gasteiger partial charge in [0.15, 0.2) is 0 Å². The molecule has 0 saturated heterocycles. The van der Waals surface area contributed by atoms with E-state index in [-0.39, 0.29) is 6.03 Å². The summed E-state index contributed by atoms with van der Waals surface area (Å²) in [6.07, 6.45) is 1.74. The fourth-order valence-corrected chi connectivity index (χ4v) is 2.96. The molecule has 0 fully saturated rings. The summed E-state index contributed by atoms with van der Waals surface area (Å²) in [5, 5.41) is 5.47. The van der Waals surface area contributed by atoms with Crippen LogP contribution in [0.1, 0.15) is 5.56 Å². The van der Waals surface area contributed by atoms with Crippen LogP contribution in [0.2, 0.25) is 0 Å². The first-order chi connectivity index (χ1) is 11.6. The summed E-state index contributed by atoms with van der Waals surface area (Å²) in [6.45, 7) is 0.749. The van der Waals surface area contributed by atoms with E-state index in [1.807, 2.05) is 61.5 Å². The Balaban J connectivity index is 1.69. The molecule has 1 unspecified atom stereocenters. The maximum Gasteiger partial charge on any atom is 0.315 e. The van der Waals surface area contributed by atoms with Gasteiger partial charge in [-0.3, -0.25) is 4.21 Å². The average Bonchev–Trinajstić information content (AvgIpc) is 2.61. The predicted molar refractivity (Wildman–Crippen MR) is 96.5 cm³/mol. The zero-order valence-electron chi connectivity index (χ0n) is 13.9. The largest absolute Gasteiger partial charge is 0.363 e. The van der Waals surface area contributed by atoms with Crippen molar-refractivity contribution in [1.29, 1.82) is 0 Å². The van der Waals surface area contributed by atoms with Gasteiger partial charge in [0.05, 0.1) is 10.8 Å². The van der Waals surface area contributed by atoms with Gasteiger partial charge in [-0.05, 0) is 23.8 Å². The Kier molecular flexibility index (Phi) is 6.74. The Hall–Kier alpha value is -2.41. The van der Waals surface area contributed by atoms with E-state index in [2.05, 4.69) is 15.6 Å². The molecular weight excluding hydrogens is 324 g/mol. The molecule has 1 heterocycles. The summed E-state index contributed by atoms with van der Waals surface area (Å²) in [6, 6.07) is 12.8. The molecule has 1 aromatic heterocycles. The molecule has 7 heteroatoms. The number of anilines is 1. The minimum absolute atomic E-state index is 0.281. The lowest BCUT2D eigenvalue weighted by atomic mass is 10.3. The zero-order valence-corrected chi connectivity index (χ0v) is 14.7. The maximum atomic E-state index is 12.0. The lowest BCUT2D eigenvalue weighted by Gasteiger charge is -2.12. The van der Waals surface area contributed by atoms with Crippen LogP contribution in [0.4, 0.5) is 10.6 Å². The molecule has 1 atom stereocenters. The van der Waals surface area contributed by atoms with Crippen LogP contribution in [-0.4, -0.2) is 41.6 Å². The third kappa shape index (κ3) is 5.66. The van der Waals surface area contributed by atoms with Gasteiger partial charge in [-0.1, -0.05) is 24.3 Å². The van der Waals surface area contributed by atoms with E-state index in [0.29, 0.717) is 18.8 Å². The summed E-state index contributed by atoms with van der Waals surface area (Å²) in [7, 11) is 2.74. The van der Waals surface area contributed by atoms with Crippen LogP contribution in [0, 0.1) is 0 Å². The number of nitrogens with zero attached hydrogens (tertiary/aromatic N) is 2. The van der Waals surface area contributed by atoms with Gasteiger partial charge < -0.3 is 15.5 Å². The fourth-order valence-electron chi connectivity index (χ4n) is 1.98. The summed E-state index contributed by atoms with van der Waals surface area (Å²) in [5.74, 6) is 1.25. The lowest BCUT2D eigenvalue weighted by molar-refractivity contribution is 0.241. The highest BCUT2D eigenvalue weighted by Crippen LogP contribution is 2.07. The minimum Gasteiger partial charge on any atom is -0.363 e. The first-order valence-electron chi connectivity index (χ1n) is 7.63. The molecule has 128 valence electrons. The molecule has 0 saturated carbocycles. The topological polar surface area (TPSA) is 74.3 Å². The molecule has 0 radical (unpaired) electrons. The molecule has 0 aliphatic heterocycles. The van der Waals surface area contributed by atoms with Crippen LogP contribution in [0.25, 0.3) is 0 Å². The number of aromatic nitrogens is 1. The van der Waals surface area contributed by atoms with E-state index in [1.54, 1.807) is 6.20 Å². The number of hydrogen-bond donors (Lipinski definition) is 2. The van der Waals surface area contributed by atoms with Gasteiger partial charge >= 0.3 is 6.03 Å². The zero-order chi connectivity index (χ0) is 17.4. The number of urea groups is 1. The van der Waals surface area contributed by atoms with E-state index < -0.39 is 10.8 Å². The molecule has 0 aliphatic rings. The van der Waals surface area contributed by atoms with E-state index in [9.17, 15) is 9.00 Å². The van der Waals surface area contributed by atoms with Crippen LogP contribution in [-0.2, 0) is 17.3 Å². The van der Waals surface area contributed by atoms with Crippen LogP contribution < -0.4 is 15.5 Å². The molecule has 0 spiro atoms. The number of amides is 2. The van der Waals surface area contributed by atoms with Crippen LogP contribution in [0.5, 0.6) is 0 Å². The number of carbonyl (C=O) groups is 1. The Morgan fingerprint density at radius 2 is 1.88 bits per heavy atom. The van der Waals surface area contributed by atoms with Gasteiger partial charge in [0, 0.05) is 44.0 Å². The van der Waals surface area contributed by atoms with Crippen LogP contribution in [0.15, 0.2) is 53.6 Å². The van der Waals surface area contributed by atoms with Crippen molar-refractivity contribution in [2.24, 2.45) is 0 Å². The average molecular weight is 346 g/mol. The van der Waals surface area contributed by atoms with Gasteiger partial charge in [-0.15, -0.1) is 0 Å². The van der Waals surface area contributed by atoms with Gasteiger partial charge in [0.1, 0.15) is 5.82 Å². The van der Waals surface area contributed by atoms with E-state index in [0.717, 1.165) is 16.3 Å². The van der Waals surface area contributed by atoms with E-state index in [1.165, 1.54) is 0 Å². The molecule has 6 nitrogen and oxygen atoms in total. The molecular formula is C17H22N4O2S. The number of pyridine rings is 1. The van der Waals surface area contributed by atoms with Gasteiger partial charge in [-0.2, -0.15) is 0 Å². The lowest BCUT2D eigenvalue weighted by Crippen LogP contribution is -2.37. The molecule has 0 bridgehead atoms. The number of nitrogens with one attached hydrogen (secondary N) is 2. The Labute approximate surface area is 144 Å². The maximum absolute atomic E-state index is 12.0. The third-order valence-corrected chi connectivity index (χ3v) is 4.67. The molecule has 2 N–H and O–H groups in total. The summed E-state index contributed by atoms with van der Waals surface area (Å²) >= 11 is 0. The molecule has 0 aliphatic carbocycles. The highest BCUT2D eigenvalue weighted by Gasteiger charge is 2.05. The van der Waals surface area contributed by atoms with Gasteiger partial charge in [0.25, 0.3) is 0 Å². The van der Waals surface area contributed by atoms with Crippen molar-refractivity contribution in [3.63, 3.8) is 0 Å². The summed E-state index contributed by atoms with van der Waals surface area (Å²) in [4.78, 5) is 18.7. The summed E-state index contributed by atoms with van der Waals surface area (Å²) < 4.78 is 12.0. The fraction of sp³-hybridized carbons (Fsp3) is 0.294. The highest BCUT2D eigenvalue weighted by atomic mass is 32.2. The SMILES string of the molecule is CN(C)c1ccc(CNC(=O)NCCS(=O)c2ccccc2)cn1. The molecule has 2 rings (SSSR count). The van der Waals surface area contributed by atoms with Crippen molar-refractivity contribution in [3.05, 3.63) is 54.2 Å². The van der Waals surface area contributed by atoms with E-state index >= 15 is 0 Å². The number of rotatable bonds is 7. The van der Waals surface area contributed by atoms with Crippen LogP contribution in [0.3, 0.4) is 0 Å². The molecule has 24 heavy (non-hydrogen) atoms. The van der Waals surface area contributed by atoms with E-state index in [4.69, 9.17) is 0 Å². The van der Waals surface area contributed by atoms with Crippen molar-refractivity contribution in [1.82, 2.24) is 15.6 Å². The number of hydrogen-bond acceptors (Lipinski definition) is 4. The monoisotopic (exact) mass is 346 g/mol. The van der Waals surface area contributed by atoms with Crippen molar-refractivity contribution in [3.8, 4) is 0 Å². The molecule has 2 amide bonds. The Morgan fingerprint density at radius 3 is 2.50 bits per heavy atom. The molecule has 2 aromatic rings. The Bertz CT molecular complexity index is 675. The second kappa shape index (κ2) is 9.02.